The maximum absolute atomic E-state index is 12.2. The number of fused-ring (bicyclic) bond motifs is 1. The molecule has 1 aliphatic heterocycles. The number of amides is 1. The third-order valence-electron chi connectivity index (χ3n) is 4.99. The molecule has 0 bridgehead atoms. The van der Waals surface area contributed by atoms with Crippen molar-refractivity contribution in [1.82, 2.24) is 0 Å². The molecule has 2 aromatic carbocycles. The second-order valence-corrected chi connectivity index (χ2v) is 7.13. The molecule has 0 fully saturated rings. The van der Waals surface area contributed by atoms with Crippen LogP contribution >= 0.6 is 0 Å². The number of esters is 1. The van der Waals surface area contributed by atoms with Gasteiger partial charge in [0.2, 0.25) is 5.75 Å². The molecule has 0 spiro atoms. The molecule has 0 saturated carbocycles. The van der Waals surface area contributed by atoms with E-state index in [0.29, 0.717) is 41.9 Å². The van der Waals surface area contributed by atoms with Crippen LogP contribution in [-0.2, 0) is 14.3 Å². The Bertz CT molecular complexity index is 951. The van der Waals surface area contributed by atoms with Gasteiger partial charge in [0.25, 0.3) is 5.91 Å². The summed E-state index contributed by atoms with van der Waals surface area (Å²) < 4.78 is 21.5. The summed E-state index contributed by atoms with van der Waals surface area (Å²) >= 11 is 0. The van der Waals surface area contributed by atoms with Crippen LogP contribution in [-0.4, -0.2) is 38.8 Å². The molecule has 2 aromatic rings. The second-order valence-electron chi connectivity index (χ2n) is 7.13. The number of nitrogens with one attached hydrogen (secondary N) is 1. The Kier molecular flexibility index (Phi) is 7.54. The van der Waals surface area contributed by atoms with Gasteiger partial charge in [0, 0.05) is 11.8 Å². The molecule has 1 atom stereocenters. The van der Waals surface area contributed by atoms with Crippen LogP contribution in [0.15, 0.2) is 42.5 Å². The van der Waals surface area contributed by atoms with Gasteiger partial charge < -0.3 is 24.3 Å². The number of benzene rings is 2. The van der Waals surface area contributed by atoms with Gasteiger partial charge in [0.1, 0.15) is 13.2 Å². The van der Waals surface area contributed by atoms with E-state index in [-0.39, 0.29) is 6.61 Å². The van der Waals surface area contributed by atoms with Crippen LogP contribution in [0.5, 0.6) is 17.2 Å². The minimum absolute atomic E-state index is 0.310. The Hall–Kier alpha value is -3.48. The van der Waals surface area contributed by atoms with Crippen LogP contribution in [0.1, 0.15) is 37.3 Å². The Morgan fingerprint density at radius 1 is 1.19 bits per heavy atom. The largest absolute Gasteiger partial charge is 0.493 e. The van der Waals surface area contributed by atoms with Gasteiger partial charge >= 0.3 is 5.97 Å². The third kappa shape index (κ3) is 5.78. The first-order valence-corrected chi connectivity index (χ1v) is 10.2. The van der Waals surface area contributed by atoms with E-state index in [1.807, 2.05) is 24.3 Å². The number of carbonyl (C=O) groups is 2. The maximum Gasteiger partial charge on any atom is 0.331 e. The van der Waals surface area contributed by atoms with Crippen LogP contribution < -0.4 is 19.5 Å². The molecule has 1 amide bonds. The number of para-hydroxylation sites is 1. The fourth-order valence-corrected chi connectivity index (χ4v) is 3.19. The van der Waals surface area contributed by atoms with Crippen molar-refractivity contribution in [3.63, 3.8) is 0 Å². The monoisotopic (exact) mass is 425 g/mol. The van der Waals surface area contributed by atoms with E-state index in [1.54, 1.807) is 18.2 Å². The Morgan fingerprint density at radius 2 is 1.97 bits per heavy atom. The fourth-order valence-electron chi connectivity index (χ4n) is 3.19. The first-order chi connectivity index (χ1) is 15.0. The van der Waals surface area contributed by atoms with E-state index in [1.165, 1.54) is 13.2 Å². The molecule has 164 valence electrons. The average Bonchev–Trinajstić information content (AvgIpc) is 2.80. The van der Waals surface area contributed by atoms with Crippen LogP contribution in [0.4, 0.5) is 5.69 Å². The summed E-state index contributed by atoms with van der Waals surface area (Å²) in [5, 5.41) is 2.82. The van der Waals surface area contributed by atoms with Gasteiger partial charge in [0.15, 0.2) is 18.1 Å². The van der Waals surface area contributed by atoms with Gasteiger partial charge in [-0.05, 0) is 47.7 Å². The number of ether oxygens (including phenoxy) is 4. The molecule has 0 aromatic heterocycles. The number of rotatable bonds is 8. The summed E-state index contributed by atoms with van der Waals surface area (Å²) in [6.07, 6.45) is 3.78. The standard InChI is InChI=1S/C24H27NO6/c1-4-16(2)18-7-5-6-8-19(18)25-22(26)15-31-23(27)10-9-17-13-20(28-3)24-21(14-17)29-11-12-30-24/h5-10,13-14,16H,4,11-12,15H2,1-3H3,(H,25,26)/b10-9+/t16-/m1/s1. The highest BCUT2D eigenvalue weighted by molar-refractivity contribution is 5.95. The molecule has 0 aliphatic carbocycles. The predicted octanol–water partition coefficient (Wildman–Crippen LogP) is 4.18. The van der Waals surface area contributed by atoms with Gasteiger partial charge in [-0.25, -0.2) is 4.79 Å². The topological polar surface area (TPSA) is 83.1 Å². The van der Waals surface area contributed by atoms with E-state index >= 15 is 0 Å². The van der Waals surface area contributed by atoms with Crippen LogP contribution in [0, 0.1) is 0 Å². The van der Waals surface area contributed by atoms with Gasteiger partial charge in [0.05, 0.1) is 7.11 Å². The highest BCUT2D eigenvalue weighted by Gasteiger charge is 2.18. The quantitative estimate of drug-likeness (QED) is 0.505. The zero-order valence-corrected chi connectivity index (χ0v) is 18.0. The highest BCUT2D eigenvalue weighted by atomic mass is 16.6. The number of anilines is 1. The molecule has 3 rings (SSSR count). The lowest BCUT2D eigenvalue weighted by molar-refractivity contribution is -0.142. The first-order valence-electron chi connectivity index (χ1n) is 10.2. The lowest BCUT2D eigenvalue weighted by atomic mass is 9.97. The van der Waals surface area contributed by atoms with Crippen LogP contribution in [0.2, 0.25) is 0 Å². The van der Waals surface area contributed by atoms with Crippen molar-refractivity contribution < 1.29 is 28.5 Å². The minimum atomic E-state index is -0.626. The zero-order chi connectivity index (χ0) is 22.2. The smallest absolute Gasteiger partial charge is 0.331 e. The summed E-state index contributed by atoms with van der Waals surface area (Å²) in [6, 6.07) is 11.1. The fraction of sp³-hybridized carbons (Fsp3) is 0.333. The SMILES string of the molecule is CC[C@@H](C)c1ccccc1NC(=O)COC(=O)/C=C/c1cc(OC)c2c(c1)OCCO2. The Labute approximate surface area is 181 Å². The average molecular weight is 425 g/mol. The van der Waals surface area contributed by atoms with Crippen molar-refractivity contribution in [3.05, 3.63) is 53.6 Å². The lowest BCUT2D eigenvalue weighted by Gasteiger charge is -2.20. The van der Waals surface area contributed by atoms with Gasteiger partial charge in [-0.2, -0.15) is 0 Å². The molecule has 0 unspecified atom stereocenters. The van der Waals surface area contributed by atoms with Gasteiger partial charge in [-0.3, -0.25) is 4.79 Å². The van der Waals surface area contributed by atoms with Gasteiger partial charge in [-0.15, -0.1) is 0 Å². The molecule has 1 N–H and O–H groups in total. The second kappa shape index (κ2) is 10.5. The van der Waals surface area contributed by atoms with E-state index in [4.69, 9.17) is 18.9 Å². The minimum Gasteiger partial charge on any atom is -0.493 e. The number of methoxy groups -OCH3 is 1. The molecule has 7 heteroatoms. The molecule has 0 radical (unpaired) electrons. The normalized spacial score (nSPS) is 13.5. The number of hydrogen-bond donors (Lipinski definition) is 1. The van der Waals surface area contributed by atoms with E-state index < -0.39 is 11.9 Å². The Balaban J connectivity index is 1.57. The van der Waals surface area contributed by atoms with Crippen molar-refractivity contribution in [2.45, 2.75) is 26.2 Å². The van der Waals surface area contributed by atoms with E-state index in [9.17, 15) is 9.59 Å². The summed E-state index contributed by atoms with van der Waals surface area (Å²) in [6.45, 7) is 4.72. The predicted molar refractivity (Wildman–Crippen MR) is 118 cm³/mol. The summed E-state index contributed by atoms with van der Waals surface area (Å²) in [7, 11) is 1.54. The Morgan fingerprint density at radius 3 is 2.74 bits per heavy atom. The van der Waals surface area contributed by atoms with E-state index in [2.05, 4.69) is 19.2 Å². The van der Waals surface area contributed by atoms with Crippen molar-refractivity contribution in [1.29, 1.82) is 0 Å². The lowest BCUT2D eigenvalue weighted by Crippen LogP contribution is -2.21. The van der Waals surface area contributed by atoms with Crippen molar-refractivity contribution >= 4 is 23.6 Å². The van der Waals surface area contributed by atoms with Crippen molar-refractivity contribution in [2.24, 2.45) is 0 Å². The summed E-state index contributed by atoms with van der Waals surface area (Å²) in [4.78, 5) is 24.3. The molecule has 31 heavy (non-hydrogen) atoms. The van der Waals surface area contributed by atoms with Gasteiger partial charge in [-0.1, -0.05) is 32.0 Å². The number of carbonyl (C=O) groups excluding carboxylic acids is 2. The summed E-state index contributed by atoms with van der Waals surface area (Å²) in [5.41, 5.74) is 2.47. The maximum atomic E-state index is 12.2. The summed E-state index contributed by atoms with van der Waals surface area (Å²) in [5.74, 6) is 0.910. The van der Waals surface area contributed by atoms with Crippen LogP contribution in [0.25, 0.3) is 6.08 Å². The van der Waals surface area contributed by atoms with Crippen LogP contribution in [0.3, 0.4) is 0 Å². The molecular weight excluding hydrogens is 398 g/mol. The number of hydrogen-bond acceptors (Lipinski definition) is 6. The molecule has 1 heterocycles. The zero-order valence-electron chi connectivity index (χ0n) is 18.0. The van der Waals surface area contributed by atoms with E-state index in [0.717, 1.165) is 17.7 Å². The molecule has 0 saturated heterocycles. The van der Waals surface area contributed by atoms with Crippen molar-refractivity contribution in [2.75, 3.05) is 32.2 Å². The van der Waals surface area contributed by atoms with Crippen molar-refractivity contribution in [3.8, 4) is 17.2 Å². The highest BCUT2D eigenvalue weighted by Crippen LogP contribution is 2.40. The third-order valence-corrected chi connectivity index (χ3v) is 4.99. The molecule has 1 aliphatic rings. The molecule has 7 nitrogen and oxygen atoms in total. The molecular formula is C24H27NO6. The first kappa shape index (κ1) is 22.2.